The largest absolute Gasteiger partial charge is 0.573 e. The number of carbonyl (C=O) groups is 1. The minimum atomic E-state index is -4.94. The molecule has 10 nitrogen and oxygen atoms in total. The second kappa shape index (κ2) is 10.5. The molecule has 0 unspecified atom stereocenters. The number of benzene rings is 3. The lowest BCUT2D eigenvalue weighted by molar-refractivity contribution is -0.274. The molecule has 1 amide bonds. The summed E-state index contributed by atoms with van der Waals surface area (Å²) >= 11 is 0. The van der Waals surface area contributed by atoms with Gasteiger partial charge in [0.05, 0.1) is 41.6 Å². The molecule has 0 aromatic heterocycles. The predicted octanol–water partition coefficient (Wildman–Crippen LogP) is 3.99. The molecule has 2 aliphatic rings. The van der Waals surface area contributed by atoms with E-state index in [0.717, 1.165) is 24.3 Å². The molecular weight excluding hydrogens is 555 g/mol. The number of carbonyl (C=O) groups excluding carboxylic acids is 1. The number of rotatable bonds is 5. The van der Waals surface area contributed by atoms with E-state index < -0.39 is 46.4 Å². The Morgan fingerprint density at radius 2 is 1.55 bits per heavy atom. The molecule has 0 spiro atoms. The average Bonchev–Trinajstić information content (AvgIpc) is 2.92. The van der Waals surface area contributed by atoms with E-state index in [1.165, 1.54) is 12.0 Å². The SMILES string of the molecule is COC(=O)N1C[C@H](NS(=O)(=O)c2ccc(OC(F)(F)F)cc2)[C@@H](O)[C@H](N2c3ccccc3Oc3ccccc32)C1. The quantitative estimate of drug-likeness (QED) is 0.466. The molecule has 212 valence electrons. The van der Waals surface area contributed by atoms with Gasteiger partial charge in [0.15, 0.2) is 11.5 Å². The molecule has 14 heteroatoms. The maximum atomic E-state index is 13.2. The molecule has 40 heavy (non-hydrogen) atoms. The number of methoxy groups -OCH3 is 1. The van der Waals surface area contributed by atoms with E-state index in [-0.39, 0.29) is 18.0 Å². The Kier molecular flexibility index (Phi) is 7.25. The van der Waals surface area contributed by atoms with Gasteiger partial charge < -0.3 is 29.1 Å². The molecule has 0 aliphatic carbocycles. The molecule has 2 heterocycles. The topological polar surface area (TPSA) is 118 Å². The minimum absolute atomic E-state index is 0.0157. The summed E-state index contributed by atoms with van der Waals surface area (Å²) in [6, 6.07) is 15.7. The summed E-state index contributed by atoms with van der Waals surface area (Å²) in [4.78, 5) is 15.3. The molecule has 0 saturated carbocycles. The highest BCUT2D eigenvalue weighted by Crippen LogP contribution is 2.48. The number of nitrogens with zero attached hydrogens (tertiary/aromatic N) is 2. The Bertz CT molecular complexity index is 1460. The van der Waals surface area contributed by atoms with Crippen LogP contribution in [0.2, 0.25) is 0 Å². The van der Waals surface area contributed by atoms with Gasteiger partial charge in [0.1, 0.15) is 5.75 Å². The molecule has 3 aromatic carbocycles. The molecule has 2 aliphatic heterocycles. The third-order valence-corrected chi connectivity index (χ3v) is 8.04. The van der Waals surface area contributed by atoms with Gasteiger partial charge in [-0.3, -0.25) is 0 Å². The molecule has 0 bridgehead atoms. The number of hydrogen-bond acceptors (Lipinski definition) is 8. The van der Waals surface area contributed by atoms with Crippen molar-refractivity contribution in [2.75, 3.05) is 25.1 Å². The number of nitrogens with one attached hydrogen (secondary N) is 1. The first-order valence-corrected chi connectivity index (χ1v) is 13.5. The number of halogens is 3. The van der Waals surface area contributed by atoms with Crippen LogP contribution < -0.4 is 19.1 Å². The van der Waals surface area contributed by atoms with E-state index in [0.29, 0.717) is 22.9 Å². The number of anilines is 2. The number of piperidine rings is 1. The number of amides is 1. The van der Waals surface area contributed by atoms with Gasteiger partial charge >= 0.3 is 12.5 Å². The number of alkyl halides is 3. The normalized spacial score (nSPS) is 20.7. The van der Waals surface area contributed by atoms with Gasteiger partial charge in [-0.1, -0.05) is 24.3 Å². The van der Waals surface area contributed by atoms with Gasteiger partial charge in [-0.2, -0.15) is 0 Å². The fourth-order valence-corrected chi connectivity index (χ4v) is 6.06. The van der Waals surface area contributed by atoms with Crippen molar-refractivity contribution in [1.82, 2.24) is 9.62 Å². The summed E-state index contributed by atoms with van der Waals surface area (Å²) in [5.74, 6) is 0.412. The number of hydrogen-bond donors (Lipinski definition) is 2. The minimum Gasteiger partial charge on any atom is -0.453 e. The van der Waals surface area contributed by atoms with Crippen molar-refractivity contribution in [1.29, 1.82) is 0 Å². The van der Waals surface area contributed by atoms with Crippen molar-refractivity contribution in [3.8, 4) is 17.2 Å². The fraction of sp³-hybridized carbons (Fsp3) is 0.269. The Balaban J connectivity index is 1.48. The second-order valence-electron chi connectivity index (χ2n) is 9.09. The Labute approximate surface area is 227 Å². The zero-order valence-electron chi connectivity index (χ0n) is 20.9. The first-order chi connectivity index (χ1) is 19.0. The van der Waals surface area contributed by atoms with Crippen molar-refractivity contribution >= 4 is 27.5 Å². The summed E-state index contributed by atoms with van der Waals surface area (Å²) in [6.07, 6.45) is -7.01. The van der Waals surface area contributed by atoms with E-state index in [4.69, 9.17) is 9.47 Å². The molecule has 3 aromatic rings. The summed E-state index contributed by atoms with van der Waals surface area (Å²) in [5.41, 5.74) is 1.19. The van der Waals surface area contributed by atoms with Crippen LogP contribution in [0.25, 0.3) is 0 Å². The maximum absolute atomic E-state index is 13.2. The highest BCUT2D eigenvalue weighted by Gasteiger charge is 2.45. The van der Waals surface area contributed by atoms with Crippen LogP contribution in [0.1, 0.15) is 0 Å². The van der Waals surface area contributed by atoms with Crippen LogP contribution in [0, 0.1) is 0 Å². The van der Waals surface area contributed by atoms with E-state index in [1.807, 2.05) is 0 Å². The van der Waals surface area contributed by atoms with Gasteiger partial charge in [-0.05, 0) is 48.5 Å². The number of ether oxygens (including phenoxy) is 3. The summed E-state index contributed by atoms with van der Waals surface area (Å²) in [6.45, 7) is -0.245. The fourth-order valence-electron chi connectivity index (χ4n) is 4.82. The smallest absolute Gasteiger partial charge is 0.453 e. The number of sulfonamides is 1. The monoisotopic (exact) mass is 579 g/mol. The Morgan fingerprint density at radius 1 is 0.975 bits per heavy atom. The highest BCUT2D eigenvalue weighted by molar-refractivity contribution is 7.89. The predicted molar refractivity (Wildman–Crippen MR) is 136 cm³/mol. The lowest BCUT2D eigenvalue weighted by Crippen LogP contribution is -2.66. The number of aliphatic hydroxyl groups excluding tert-OH is 1. The average molecular weight is 580 g/mol. The van der Waals surface area contributed by atoms with Crippen LogP contribution in [-0.4, -0.2) is 69.3 Å². The standard InChI is InChI=1S/C26H24F3N3O7S/c1-37-25(34)31-14-18(30-40(35,36)17-12-10-16(11-13-17)39-26(27,28)29)24(33)21(15-31)32-19-6-2-4-8-22(19)38-23-9-5-3-7-20(23)32/h2-13,18,21,24,30,33H,14-15H2,1H3/t18-,21+,24+/m0/s1. The van der Waals surface area contributed by atoms with Crippen molar-refractivity contribution in [2.24, 2.45) is 0 Å². The third-order valence-electron chi connectivity index (χ3n) is 6.54. The van der Waals surface area contributed by atoms with Crippen molar-refractivity contribution in [3.05, 3.63) is 72.8 Å². The van der Waals surface area contributed by atoms with Gasteiger partial charge in [0, 0.05) is 13.1 Å². The zero-order valence-corrected chi connectivity index (χ0v) is 21.7. The van der Waals surface area contributed by atoms with E-state index in [1.54, 1.807) is 53.4 Å². The van der Waals surface area contributed by atoms with Crippen LogP contribution in [0.4, 0.5) is 29.3 Å². The van der Waals surface area contributed by atoms with Gasteiger partial charge in [-0.15, -0.1) is 13.2 Å². The maximum Gasteiger partial charge on any atom is 0.573 e. The summed E-state index contributed by atoms with van der Waals surface area (Å²) in [5, 5.41) is 11.6. The molecule has 3 atom stereocenters. The van der Waals surface area contributed by atoms with Gasteiger partial charge in [-0.25, -0.2) is 17.9 Å². The van der Waals surface area contributed by atoms with Crippen LogP contribution in [-0.2, 0) is 14.8 Å². The first-order valence-electron chi connectivity index (χ1n) is 12.0. The summed E-state index contributed by atoms with van der Waals surface area (Å²) in [7, 11) is -3.17. The van der Waals surface area contributed by atoms with Crippen molar-refractivity contribution in [3.63, 3.8) is 0 Å². The lowest BCUT2D eigenvalue weighted by Gasteiger charge is -2.47. The van der Waals surface area contributed by atoms with E-state index in [2.05, 4.69) is 9.46 Å². The number of fused-ring (bicyclic) bond motifs is 2. The third kappa shape index (κ3) is 5.50. The Hall–Kier alpha value is -4.01. The first kappa shape index (κ1) is 27.6. The molecule has 1 saturated heterocycles. The van der Waals surface area contributed by atoms with E-state index in [9.17, 15) is 31.5 Å². The van der Waals surface area contributed by atoms with Gasteiger partial charge in [0.2, 0.25) is 10.0 Å². The number of likely N-dealkylation sites (tertiary alicyclic amines) is 1. The van der Waals surface area contributed by atoms with Crippen LogP contribution in [0.15, 0.2) is 77.7 Å². The summed E-state index contributed by atoms with van der Waals surface area (Å²) < 4.78 is 81.0. The second-order valence-corrected chi connectivity index (χ2v) is 10.8. The van der Waals surface area contributed by atoms with E-state index >= 15 is 0 Å². The number of para-hydroxylation sites is 4. The van der Waals surface area contributed by atoms with Crippen molar-refractivity contribution in [2.45, 2.75) is 29.4 Å². The molecule has 2 N–H and O–H groups in total. The highest BCUT2D eigenvalue weighted by atomic mass is 32.2. The van der Waals surface area contributed by atoms with Crippen LogP contribution in [0.5, 0.6) is 17.2 Å². The van der Waals surface area contributed by atoms with Gasteiger partial charge in [0.25, 0.3) is 0 Å². The molecule has 5 rings (SSSR count). The van der Waals surface area contributed by atoms with Crippen molar-refractivity contribution < 1.29 is 45.7 Å². The van der Waals surface area contributed by atoms with Crippen LogP contribution in [0.3, 0.4) is 0 Å². The molecular formula is C26H24F3N3O7S. The zero-order chi connectivity index (χ0) is 28.7. The molecule has 0 radical (unpaired) electrons. The van der Waals surface area contributed by atoms with Crippen LogP contribution >= 0.6 is 0 Å². The Morgan fingerprint density at radius 3 is 2.10 bits per heavy atom. The molecule has 1 fully saturated rings. The lowest BCUT2D eigenvalue weighted by atomic mass is 9.94. The number of aliphatic hydroxyl groups is 1.